The third kappa shape index (κ3) is 4.80. The van der Waals surface area contributed by atoms with E-state index in [1.807, 2.05) is 12.1 Å². The molecule has 2 heterocycles. The van der Waals surface area contributed by atoms with Crippen LogP contribution in [0, 0.1) is 0 Å². The number of methoxy groups -OCH3 is 2. The number of thiazole rings is 1. The first-order valence-electron chi connectivity index (χ1n) is 10.7. The van der Waals surface area contributed by atoms with Crippen LogP contribution < -0.4 is 24.4 Å². The topological polar surface area (TPSA) is 79.1 Å². The Morgan fingerprint density at radius 3 is 2.54 bits per heavy atom. The van der Waals surface area contributed by atoms with Crippen molar-refractivity contribution in [2.45, 2.75) is 13.0 Å². The Balaban J connectivity index is 1.95. The van der Waals surface area contributed by atoms with Gasteiger partial charge in [-0.1, -0.05) is 53.8 Å². The molecule has 35 heavy (non-hydrogen) atoms. The van der Waals surface area contributed by atoms with Crippen LogP contribution in [0.25, 0.3) is 6.08 Å². The minimum absolute atomic E-state index is 0.0370. The number of hydrogen-bond acceptors (Lipinski definition) is 7. The minimum Gasteiger partial charge on any atom is -0.493 e. The van der Waals surface area contributed by atoms with Crippen LogP contribution in [0.4, 0.5) is 0 Å². The number of aromatic nitrogens is 1. The van der Waals surface area contributed by atoms with Crippen molar-refractivity contribution in [3.05, 3.63) is 102 Å². The Kier molecular flexibility index (Phi) is 7.23. The van der Waals surface area contributed by atoms with Gasteiger partial charge in [-0.25, -0.2) is 9.79 Å². The predicted molar refractivity (Wildman–Crippen MR) is 136 cm³/mol. The van der Waals surface area contributed by atoms with E-state index in [-0.39, 0.29) is 17.7 Å². The Morgan fingerprint density at radius 1 is 1.17 bits per heavy atom. The van der Waals surface area contributed by atoms with Gasteiger partial charge < -0.3 is 14.2 Å². The molecule has 0 N–H and O–H groups in total. The molecule has 4 rings (SSSR count). The summed E-state index contributed by atoms with van der Waals surface area (Å²) in [6, 6.07) is 11.7. The summed E-state index contributed by atoms with van der Waals surface area (Å²) in [5.74, 6) is 0.433. The summed E-state index contributed by atoms with van der Waals surface area (Å²) in [5, 5.41) is 0.607. The van der Waals surface area contributed by atoms with Gasteiger partial charge in [0, 0.05) is 5.02 Å². The molecule has 1 atom stereocenters. The van der Waals surface area contributed by atoms with E-state index in [2.05, 4.69) is 11.6 Å². The number of nitrogens with zero attached hydrogens (tertiary/aromatic N) is 2. The highest BCUT2D eigenvalue weighted by atomic mass is 35.5. The van der Waals surface area contributed by atoms with E-state index in [0.717, 1.165) is 5.56 Å². The van der Waals surface area contributed by atoms with Crippen molar-refractivity contribution in [1.82, 2.24) is 4.57 Å². The quantitative estimate of drug-likeness (QED) is 0.358. The third-order valence-electron chi connectivity index (χ3n) is 5.46. The molecular formula is C26H23ClN2O5S. The number of carbonyl (C=O) groups is 1. The van der Waals surface area contributed by atoms with Crippen molar-refractivity contribution in [3.63, 3.8) is 0 Å². The van der Waals surface area contributed by atoms with Crippen LogP contribution in [0.15, 0.2) is 76.2 Å². The molecule has 0 saturated carbocycles. The lowest BCUT2D eigenvalue weighted by Crippen LogP contribution is -2.40. The molecule has 0 amide bonds. The molecule has 180 valence electrons. The molecule has 2 aromatic carbocycles. The number of rotatable bonds is 7. The van der Waals surface area contributed by atoms with Gasteiger partial charge in [-0.15, -0.1) is 0 Å². The van der Waals surface area contributed by atoms with E-state index in [1.165, 1.54) is 29.1 Å². The average Bonchev–Trinajstić information content (AvgIpc) is 3.16. The highest BCUT2D eigenvalue weighted by molar-refractivity contribution is 7.07. The summed E-state index contributed by atoms with van der Waals surface area (Å²) < 4.78 is 18.2. The zero-order valence-corrected chi connectivity index (χ0v) is 21.0. The van der Waals surface area contributed by atoms with Gasteiger partial charge in [-0.2, -0.15) is 0 Å². The number of hydrogen-bond donors (Lipinski definition) is 0. The highest BCUT2D eigenvalue weighted by Crippen LogP contribution is 2.36. The van der Waals surface area contributed by atoms with Crippen LogP contribution >= 0.6 is 22.9 Å². The van der Waals surface area contributed by atoms with Crippen LogP contribution in [0.3, 0.4) is 0 Å². The average molecular weight is 511 g/mol. The number of fused-ring (bicyclic) bond motifs is 1. The van der Waals surface area contributed by atoms with E-state index < -0.39 is 12.0 Å². The van der Waals surface area contributed by atoms with E-state index in [9.17, 15) is 9.59 Å². The number of halogens is 1. The molecule has 0 radical (unpaired) electrons. The number of benzene rings is 2. The molecular weight excluding hydrogens is 488 g/mol. The van der Waals surface area contributed by atoms with Gasteiger partial charge in [0.1, 0.15) is 6.61 Å². The smallest absolute Gasteiger partial charge is 0.338 e. The van der Waals surface area contributed by atoms with Crippen LogP contribution in [-0.4, -0.2) is 31.4 Å². The molecule has 7 nitrogen and oxygen atoms in total. The molecule has 0 saturated heterocycles. The fourth-order valence-corrected chi connectivity index (χ4v) is 5.02. The standard InChI is InChI=1S/C26H23ClN2O5S/c1-5-12-34-25(31)22-15(2)28-26-29(23(22)17-8-11-19(32-3)20(14-17)33-4)24(30)21(35-26)13-16-6-9-18(27)10-7-16/h5-11,13-14,23H,1,12H2,2-4H3. The Bertz CT molecular complexity index is 1500. The molecule has 0 spiro atoms. The maximum Gasteiger partial charge on any atom is 0.338 e. The lowest BCUT2D eigenvalue weighted by molar-refractivity contribution is -0.138. The Hall–Kier alpha value is -3.62. The second-order valence-corrected chi connectivity index (χ2v) is 9.08. The maximum absolute atomic E-state index is 13.6. The third-order valence-corrected chi connectivity index (χ3v) is 6.70. The molecule has 0 aliphatic carbocycles. The van der Waals surface area contributed by atoms with Crippen molar-refractivity contribution in [2.24, 2.45) is 4.99 Å². The normalized spacial score (nSPS) is 15.3. The molecule has 1 aromatic heterocycles. The van der Waals surface area contributed by atoms with Crippen LogP contribution in [0.5, 0.6) is 11.5 Å². The minimum atomic E-state index is -0.768. The van der Waals surface area contributed by atoms with Gasteiger partial charge in [-0.05, 0) is 48.4 Å². The molecule has 3 aromatic rings. The first-order chi connectivity index (χ1) is 16.9. The molecule has 0 fully saturated rings. The number of carbonyl (C=O) groups excluding carboxylic acids is 1. The van der Waals surface area contributed by atoms with E-state index in [1.54, 1.807) is 50.4 Å². The molecule has 9 heteroatoms. The summed E-state index contributed by atoms with van der Waals surface area (Å²) in [5.41, 5.74) is 1.94. The van der Waals surface area contributed by atoms with Gasteiger partial charge in [-0.3, -0.25) is 9.36 Å². The van der Waals surface area contributed by atoms with E-state index in [0.29, 0.717) is 37.1 Å². The van der Waals surface area contributed by atoms with Crippen molar-refractivity contribution in [3.8, 4) is 11.5 Å². The molecule has 1 unspecified atom stereocenters. The zero-order chi connectivity index (χ0) is 25.1. The van der Waals surface area contributed by atoms with E-state index in [4.69, 9.17) is 25.8 Å². The first-order valence-corrected chi connectivity index (χ1v) is 11.9. The van der Waals surface area contributed by atoms with Gasteiger partial charge in [0.25, 0.3) is 5.56 Å². The van der Waals surface area contributed by atoms with Gasteiger partial charge >= 0.3 is 5.97 Å². The van der Waals surface area contributed by atoms with Gasteiger partial charge in [0.05, 0.1) is 36.1 Å². The largest absolute Gasteiger partial charge is 0.493 e. The summed E-state index contributed by atoms with van der Waals surface area (Å²) >= 11 is 7.24. The van der Waals surface area contributed by atoms with Gasteiger partial charge in [0.2, 0.25) is 0 Å². The van der Waals surface area contributed by atoms with E-state index >= 15 is 0 Å². The Labute approximate surface area is 210 Å². The second-order valence-electron chi connectivity index (χ2n) is 7.63. The number of allylic oxidation sites excluding steroid dienone is 1. The fourth-order valence-electron chi connectivity index (χ4n) is 3.84. The highest BCUT2D eigenvalue weighted by Gasteiger charge is 2.34. The summed E-state index contributed by atoms with van der Waals surface area (Å²) in [6.07, 6.45) is 3.27. The summed E-state index contributed by atoms with van der Waals surface area (Å²) in [4.78, 5) is 31.8. The zero-order valence-electron chi connectivity index (χ0n) is 19.4. The lowest BCUT2D eigenvalue weighted by atomic mass is 9.95. The maximum atomic E-state index is 13.6. The summed E-state index contributed by atoms with van der Waals surface area (Å²) in [6.45, 7) is 5.37. The van der Waals surface area contributed by atoms with Crippen molar-refractivity contribution in [2.75, 3.05) is 20.8 Å². The van der Waals surface area contributed by atoms with Crippen molar-refractivity contribution < 1.29 is 19.0 Å². The second kappa shape index (κ2) is 10.3. The van der Waals surface area contributed by atoms with Gasteiger partial charge in [0.15, 0.2) is 16.3 Å². The molecule has 0 bridgehead atoms. The fraction of sp³-hybridized carbons (Fsp3) is 0.192. The van der Waals surface area contributed by atoms with Crippen LogP contribution in [0.1, 0.15) is 24.1 Å². The Morgan fingerprint density at radius 2 is 1.89 bits per heavy atom. The number of ether oxygens (including phenoxy) is 3. The van der Waals surface area contributed by atoms with Crippen molar-refractivity contribution >= 4 is 35.0 Å². The predicted octanol–water partition coefficient (Wildman–Crippen LogP) is 3.64. The monoisotopic (exact) mass is 510 g/mol. The lowest BCUT2D eigenvalue weighted by Gasteiger charge is -2.25. The number of esters is 1. The van der Waals surface area contributed by atoms with Crippen LogP contribution in [0.2, 0.25) is 5.02 Å². The molecule has 1 aliphatic heterocycles. The SMILES string of the molecule is C=CCOC(=O)C1=C(C)N=c2sc(=Cc3ccc(Cl)cc3)c(=O)n2C1c1ccc(OC)c(OC)c1. The first kappa shape index (κ1) is 24.5. The van der Waals surface area contributed by atoms with Crippen molar-refractivity contribution in [1.29, 1.82) is 0 Å². The van der Waals surface area contributed by atoms with Crippen LogP contribution in [-0.2, 0) is 9.53 Å². The molecule has 1 aliphatic rings. The summed E-state index contributed by atoms with van der Waals surface area (Å²) in [7, 11) is 3.07.